The first-order valence-corrected chi connectivity index (χ1v) is 16.7. The van der Waals surface area contributed by atoms with Crippen molar-refractivity contribution in [2.24, 2.45) is 5.73 Å². The largest absolute Gasteiger partial charge is 0.369 e. The number of aromatic nitrogens is 3. The lowest BCUT2D eigenvalue weighted by molar-refractivity contribution is -0.0303. The number of nitrogens with two attached hydrogens (primary N) is 1. The summed E-state index contributed by atoms with van der Waals surface area (Å²) in [7, 11) is 0. The molecule has 11 heteroatoms. The average molecular weight is 646 g/mol. The van der Waals surface area contributed by atoms with Crippen LogP contribution < -0.4 is 21.0 Å². The Morgan fingerprint density at radius 1 is 0.957 bits per heavy atom. The Labute approximate surface area is 273 Å². The third-order valence-electron chi connectivity index (χ3n) is 9.98. The maximum absolute atomic E-state index is 15.3. The Hall–Kier alpha value is -3.96. The van der Waals surface area contributed by atoms with Gasteiger partial charge in [-0.1, -0.05) is 0 Å². The van der Waals surface area contributed by atoms with Crippen molar-refractivity contribution < 1.29 is 13.2 Å². The maximum atomic E-state index is 15.3. The molecule has 1 saturated carbocycles. The highest BCUT2D eigenvalue weighted by Crippen LogP contribution is 2.43. The normalized spacial score (nSPS) is 21.5. The summed E-state index contributed by atoms with van der Waals surface area (Å²) < 4.78 is 47.3. The van der Waals surface area contributed by atoms with Gasteiger partial charge in [0.1, 0.15) is 11.6 Å². The number of fused-ring (bicyclic) bond motifs is 1. The molecule has 47 heavy (non-hydrogen) atoms. The van der Waals surface area contributed by atoms with Gasteiger partial charge in [0.25, 0.3) is 5.92 Å². The van der Waals surface area contributed by atoms with Gasteiger partial charge in [-0.05, 0) is 94.0 Å². The van der Waals surface area contributed by atoms with Crippen LogP contribution in [0.2, 0.25) is 0 Å². The third-order valence-corrected chi connectivity index (χ3v) is 9.98. The molecule has 0 radical (unpaired) electrons. The van der Waals surface area contributed by atoms with Crippen LogP contribution in [0.4, 0.5) is 24.7 Å². The van der Waals surface area contributed by atoms with Gasteiger partial charge >= 0.3 is 0 Å². The number of anilines is 2. The predicted molar refractivity (Wildman–Crippen MR) is 179 cm³/mol. The molecular formula is C36H42F3N7O. The fourth-order valence-corrected chi connectivity index (χ4v) is 7.34. The van der Waals surface area contributed by atoms with E-state index in [-0.39, 0.29) is 35.9 Å². The predicted octanol–water partition coefficient (Wildman–Crippen LogP) is 5.73. The number of pyridine rings is 3. The van der Waals surface area contributed by atoms with Crippen molar-refractivity contribution in [3.05, 3.63) is 93.4 Å². The number of benzene rings is 1. The van der Waals surface area contributed by atoms with Gasteiger partial charge in [0.15, 0.2) is 5.43 Å². The lowest BCUT2D eigenvalue weighted by atomic mass is 9.99. The van der Waals surface area contributed by atoms with E-state index in [9.17, 15) is 9.18 Å². The van der Waals surface area contributed by atoms with Crippen LogP contribution in [-0.4, -0.2) is 63.6 Å². The second-order valence-electron chi connectivity index (χ2n) is 13.6. The van der Waals surface area contributed by atoms with Crippen molar-refractivity contribution in [3.8, 4) is 0 Å². The van der Waals surface area contributed by atoms with Crippen LogP contribution in [0.5, 0.6) is 0 Å². The molecule has 1 unspecified atom stereocenters. The van der Waals surface area contributed by atoms with E-state index in [1.54, 1.807) is 17.2 Å². The fraction of sp³-hybridized carbons (Fsp3) is 0.472. The zero-order valence-corrected chi connectivity index (χ0v) is 27.0. The summed E-state index contributed by atoms with van der Waals surface area (Å²) in [6, 6.07) is 11.3. The zero-order valence-electron chi connectivity index (χ0n) is 27.0. The number of nitrogens with zero attached hydrogens (tertiary/aromatic N) is 6. The summed E-state index contributed by atoms with van der Waals surface area (Å²) in [6.07, 6.45) is 7.39. The van der Waals surface area contributed by atoms with Gasteiger partial charge in [0.2, 0.25) is 0 Å². The van der Waals surface area contributed by atoms with E-state index in [2.05, 4.69) is 25.8 Å². The number of hydrogen-bond donors (Lipinski definition) is 1. The molecule has 8 nitrogen and oxygen atoms in total. The van der Waals surface area contributed by atoms with Crippen molar-refractivity contribution in [1.82, 2.24) is 19.4 Å². The van der Waals surface area contributed by atoms with E-state index in [0.29, 0.717) is 30.0 Å². The van der Waals surface area contributed by atoms with Gasteiger partial charge < -0.3 is 20.1 Å². The van der Waals surface area contributed by atoms with Gasteiger partial charge in [-0.2, -0.15) is 0 Å². The van der Waals surface area contributed by atoms with E-state index < -0.39 is 24.3 Å². The van der Waals surface area contributed by atoms with Gasteiger partial charge in [-0.15, -0.1) is 0 Å². The summed E-state index contributed by atoms with van der Waals surface area (Å²) in [5, 5.41) is 0.284. The van der Waals surface area contributed by atoms with E-state index in [1.807, 2.05) is 42.8 Å². The van der Waals surface area contributed by atoms with Gasteiger partial charge in [-0.25, -0.2) is 13.2 Å². The van der Waals surface area contributed by atoms with Crippen molar-refractivity contribution in [2.75, 3.05) is 36.0 Å². The fourth-order valence-electron chi connectivity index (χ4n) is 7.34. The molecule has 2 saturated heterocycles. The van der Waals surface area contributed by atoms with Crippen LogP contribution in [-0.2, 0) is 13.1 Å². The molecule has 0 bridgehead atoms. The average Bonchev–Trinajstić information content (AvgIpc) is 3.89. The van der Waals surface area contributed by atoms with Crippen molar-refractivity contribution >= 4 is 22.4 Å². The molecular weight excluding hydrogens is 603 g/mol. The first kappa shape index (κ1) is 31.6. The summed E-state index contributed by atoms with van der Waals surface area (Å²) in [4.78, 5) is 29.7. The molecule has 4 aromatic rings. The summed E-state index contributed by atoms with van der Waals surface area (Å²) >= 11 is 0. The molecule has 2 N–H and O–H groups in total. The molecule has 2 atom stereocenters. The molecule has 1 aliphatic carbocycles. The number of halogens is 3. The summed E-state index contributed by atoms with van der Waals surface area (Å²) in [6.45, 7) is 6.04. The van der Waals surface area contributed by atoms with Gasteiger partial charge in [0.05, 0.1) is 35.6 Å². The topological polar surface area (TPSA) is 83.5 Å². The minimum absolute atomic E-state index is 0.0528. The molecule has 5 heterocycles. The molecule has 1 aromatic carbocycles. The maximum Gasteiger partial charge on any atom is 0.280 e. The van der Waals surface area contributed by atoms with Crippen molar-refractivity contribution in [1.29, 1.82) is 0 Å². The number of hydrogen-bond acceptors (Lipinski definition) is 7. The van der Waals surface area contributed by atoms with Gasteiger partial charge in [0, 0.05) is 67.8 Å². The quantitative estimate of drug-likeness (QED) is 0.262. The minimum atomic E-state index is -3.11. The van der Waals surface area contributed by atoms with Gasteiger partial charge in [-0.3, -0.25) is 19.7 Å². The molecule has 7 rings (SSSR count). The Morgan fingerprint density at radius 2 is 1.79 bits per heavy atom. The van der Waals surface area contributed by atoms with Crippen LogP contribution in [0.3, 0.4) is 0 Å². The molecule has 3 fully saturated rings. The number of piperidine rings is 2. The van der Waals surface area contributed by atoms with Crippen LogP contribution in [0.1, 0.15) is 60.7 Å². The molecule has 2 aliphatic heterocycles. The Kier molecular flexibility index (Phi) is 8.46. The monoisotopic (exact) mass is 645 g/mol. The molecule has 3 aliphatic rings. The SMILES string of the molecule is Cc1ccc(N2CCC[C@H](N(Cc3ccnc(C)c3)Cc3c(N4CCC(N)C(F)(F)C4)n(C4CC4)c4ccc(F)cc4c3=O)C2)cn1. The Morgan fingerprint density at radius 3 is 2.51 bits per heavy atom. The second kappa shape index (κ2) is 12.6. The number of alkyl halides is 2. The second-order valence-corrected chi connectivity index (χ2v) is 13.6. The Bertz CT molecular complexity index is 1820. The van der Waals surface area contributed by atoms with E-state index in [0.717, 1.165) is 61.4 Å². The van der Waals surface area contributed by atoms with Crippen LogP contribution in [0.25, 0.3) is 10.9 Å². The van der Waals surface area contributed by atoms with E-state index in [1.165, 1.54) is 12.1 Å². The van der Waals surface area contributed by atoms with E-state index >= 15 is 8.78 Å². The molecule has 3 aromatic heterocycles. The standard InChI is InChI=1S/C36H42F3N7O/c1-23-5-7-28(18-42-23)43-14-3-4-29(20-43)45(19-25-11-13-41-24(2)16-25)21-31-34(47)30-17-26(37)6-10-32(30)46(27-8-9-27)35(31)44-15-12-33(40)36(38,39)22-44/h5-7,10-11,13,16-18,27,29,33H,3-4,8-9,12,14-15,19-22,40H2,1-2H3/t29-,33?/m0/s1. The highest BCUT2D eigenvalue weighted by molar-refractivity contribution is 5.83. The third kappa shape index (κ3) is 6.47. The highest BCUT2D eigenvalue weighted by Gasteiger charge is 2.45. The smallest absolute Gasteiger partial charge is 0.280 e. The summed E-state index contributed by atoms with van der Waals surface area (Å²) in [5.41, 5.74) is 10.5. The van der Waals surface area contributed by atoms with Crippen molar-refractivity contribution in [3.63, 3.8) is 0 Å². The first-order chi connectivity index (χ1) is 22.6. The van der Waals surface area contributed by atoms with Crippen LogP contribution >= 0.6 is 0 Å². The van der Waals surface area contributed by atoms with Crippen LogP contribution in [0.15, 0.2) is 59.7 Å². The summed E-state index contributed by atoms with van der Waals surface area (Å²) in [5.74, 6) is -3.09. The number of rotatable bonds is 8. The number of aryl methyl sites for hydroxylation is 2. The lowest BCUT2D eigenvalue weighted by Crippen LogP contribution is -2.56. The zero-order chi connectivity index (χ0) is 32.9. The van der Waals surface area contributed by atoms with Crippen molar-refractivity contribution in [2.45, 2.75) is 83.1 Å². The molecule has 248 valence electrons. The molecule has 0 spiro atoms. The highest BCUT2D eigenvalue weighted by atomic mass is 19.3. The van der Waals surface area contributed by atoms with Crippen LogP contribution in [0, 0.1) is 19.7 Å². The Balaban J connectivity index is 1.35. The minimum Gasteiger partial charge on any atom is -0.369 e. The lowest BCUT2D eigenvalue weighted by Gasteiger charge is -2.42. The van der Waals surface area contributed by atoms with E-state index in [4.69, 9.17) is 5.73 Å². The molecule has 0 amide bonds. The first-order valence-electron chi connectivity index (χ1n) is 16.7.